The van der Waals surface area contributed by atoms with Crippen LogP contribution in [0.3, 0.4) is 0 Å². The summed E-state index contributed by atoms with van der Waals surface area (Å²) in [6.07, 6.45) is -5.67. The summed E-state index contributed by atoms with van der Waals surface area (Å²) in [5, 5.41) is 18.5. The number of aromatic hydroxyl groups is 1. The molecule has 4 N–H and O–H groups in total. The van der Waals surface area contributed by atoms with Crippen molar-refractivity contribution in [3.63, 3.8) is 0 Å². The van der Waals surface area contributed by atoms with Crippen LogP contribution in [0.4, 0.5) is 13.2 Å². The summed E-state index contributed by atoms with van der Waals surface area (Å²) < 4.78 is 36.6. The summed E-state index contributed by atoms with van der Waals surface area (Å²) in [6.45, 7) is -0.168. The molecule has 6 heteroatoms. The molecule has 0 spiro atoms. The van der Waals surface area contributed by atoms with Gasteiger partial charge in [0.05, 0.1) is 11.7 Å². The molecule has 0 saturated carbocycles. The van der Waals surface area contributed by atoms with Crippen molar-refractivity contribution in [2.24, 2.45) is 5.73 Å². The van der Waals surface area contributed by atoms with Crippen molar-refractivity contribution in [3.05, 3.63) is 29.3 Å². The Bertz CT molecular complexity index is 352. The minimum atomic E-state index is -4.51. The van der Waals surface area contributed by atoms with E-state index in [4.69, 9.17) is 5.73 Å². The van der Waals surface area contributed by atoms with Crippen LogP contribution < -0.4 is 5.73 Å². The Labute approximate surface area is 84.0 Å². The second kappa shape index (κ2) is 4.08. The Hall–Kier alpha value is -1.27. The fourth-order valence-corrected chi connectivity index (χ4v) is 1.13. The van der Waals surface area contributed by atoms with Crippen LogP contribution >= 0.6 is 0 Å². The van der Waals surface area contributed by atoms with E-state index >= 15 is 0 Å². The molecule has 15 heavy (non-hydrogen) atoms. The van der Waals surface area contributed by atoms with Crippen molar-refractivity contribution < 1.29 is 23.4 Å². The van der Waals surface area contributed by atoms with E-state index in [2.05, 4.69) is 0 Å². The number of halogens is 3. The molecule has 0 fully saturated rings. The topological polar surface area (TPSA) is 66.5 Å². The van der Waals surface area contributed by atoms with Crippen LogP contribution in [-0.4, -0.2) is 16.8 Å². The van der Waals surface area contributed by atoms with E-state index in [1.54, 1.807) is 0 Å². The van der Waals surface area contributed by atoms with Crippen LogP contribution in [0, 0.1) is 0 Å². The lowest BCUT2D eigenvalue weighted by molar-refractivity contribution is -0.137. The first-order chi connectivity index (χ1) is 6.86. The number of nitrogens with two attached hydrogens (primary N) is 1. The van der Waals surface area contributed by atoms with Gasteiger partial charge in [0.1, 0.15) is 5.75 Å². The fraction of sp³-hybridized carbons (Fsp3) is 0.333. The smallest absolute Gasteiger partial charge is 0.416 e. The third kappa shape index (κ3) is 2.60. The number of hydrogen-bond donors (Lipinski definition) is 3. The second-order valence-electron chi connectivity index (χ2n) is 3.02. The fourth-order valence-electron chi connectivity index (χ4n) is 1.13. The molecule has 0 heterocycles. The zero-order chi connectivity index (χ0) is 11.6. The average molecular weight is 221 g/mol. The lowest BCUT2D eigenvalue weighted by Crippen LogP contribution is -2.12. The van der Waals surface area contributed by atoms with E-state index in [9.17, 15) is 23.4 Å². The molecule has 3 nitrogen and oxygen atoms in total. The molecule has 1 aromatic carbocycles. The largest absolute Gasteiger partial charge is 0.508 e. The molecule has 0 saturated heterocycles. The molecule has 1 atom stereocenters. The van der Waals surface area contributed by atoms with Crippen molar-refractivity contribution in [1.82, 2.24) is 0 Å². The van der Waals surface area contributed by atoms with Crippen molar-refractivity contribution in [3.8, 4) is 5.75 Å². The van der Waals surface area contributed by atoms with Crippen molar-refractivity contribution in [1.29, 1.82) is 0 Å². The van der Waals surface area contributed by atoms with E-state index in [1.165, 1.54) is 0 Å². The maximum Gasteiger partial charge on any atom is 0.416 e. The summed E-state index contributed by atoms with van der Waals surface area (Å²) in [4.78, 5) is 0. The number of hydrogen-bond acceptors (Lipinski definition) is 3. The minimum absolute atomic E-state index is 0.00880. The molecular weight excluding hydrogens is 211 g/mol. The van der Waals surface area contributed by atoms with Gasteiger partial charge in [0, 0.05) is 12.1 Å². The quantitative estimate of drug-likeness (QED) is 0.707. The van der Waals surface area contributed by atoms with Crippen LogP contribution in [0.1, 0.15) is 17.2 Å². The maximum absolute atomic E-state index is 12.2. The van der Waals surface area contributed by atoms with Gasteiger partial charge >= 0.3 is 6.18 Å². The summed E-state index contributed by atoms with van der Waals surface area (Å²) in [5.41, 5.74) is 4.14. The maximum atomic E-state index is 12.2. The average Bonchev–Trinajstić information content (AvgIpc) is 2.15. The first kappa shape index (κ1) is 11.8. The Morgan fingerprint density at radius 3 is 2.33 bits per heavy atom. The highest BCUT2D eigenvalue weighted by atomic mass is 19.4. The molecule has 0 radical (unpaired) electrons. The van der Waals surface area contributed by atoms with E-state index in [-0.39, 0.29) is 12.1 Å². The molecule has 0 amide bonds. The van der Waals surface area contributed by atoms with E-state index < -0.39 is 23.6 Å². The van der Waals surface area contributed by atoms with Crippen LogP contribution in [0.2, 0.25) is 0 Å². The third-order valence-corrected chi connectivity index (χ3v) is 1.94. The molecule has 0 aliphatic rings. The van der Waals surface area contributed by atoms with Crippen LogP contribution in [0.15, 0.2) is 18.2 Å². The summed E-state index contributed by atoms with van der Waals surface area (Å²) >= 11 is 0. The van der Waals surface area contributed by atoms with E-state index in [1.807, 2.05) is 0 Å². The van der Waals surface area contributed by atoms with Gasteiger partial charge in [-0.2, -0.15) is 13.2 Å². The van der Waals surface area contributed by atoms with Crippen molar-refractivity contribution in [2.75, 3.05) is 6.54 Å². The highest BCUT2D eigenvalue weighted by Crippen LogP contribution is 2.34. The first-order valence-corrected chi connectivity index (χ1v) is 4.14. The highest BCUT2D eigenvalue weighted by molar-refractivity contribution is 5.39. The lowest BCUT2D eigenvalue weighted by Gasteiger charge is -2.12. The van der Waals surface area contributed by atoms with E-state index in [0.29, 0.717) is 6.07 Å². The molecule has 1 unspecified atom stereocenters. The molecule has 0 aromatic heterocycles. The van der Waals surface area contributed by atoms with Gasteiger partial charge in [0.25, 0.3) is 0 Å². The summed E-state index contributed by atoms with van der Waals surface area (Å²) in [6, 6.07) is 2.36. The SMILES string of the molecule is NCC(O)c1ccc(C(F)(F)F)cc1O. The predicted molar refractivity (Wildman–Crippen MR) is 47.1 cm³/mol. The Morgan fingerprint density at radius 2 is 1.93 bits per heavy atom. The normalized spacial score (nSPS) is 13.9. The molecule has 84 valence electrons. The number of phenols is 1. The van der Waals surface area contributed by atoms with Gasteiger partial charge in [-0.3, -0.25) is 0 Å². The van der Waals surface area contributed by atoms with Gasteiger partial charge in [0.15, 0.2) is 0 Å². The lowest BCUT2D eigenvalue weighted by atomic mass is 10.1. The number of aliphatic hydroxyl groups is 1. The van der Waals surface area contributed by atoms with Crippen LogP contribution in [-0.2, 0) is 6.18 Å². The van der Waals surface area contributed by atoms with Crippen molar-refractivity contribution >= 4 is 0 Å². The van der Waals surface area contributed by atoms with Crippen LogP contribution in [0.25, 0.3) is 0 Å². The second-order valence-corrected chi connectivity index (χ2v) is 3.02. The zero-order valence-corrected chi connectivity index (χ0v) is 7.62. The Kier molecular flexibility index (Phi) is 3.21. The van der Waals surface area contributed by atoms with Gasteiger partial charge in [-0.25, -0.2) is 0 Å². The predicted octanol–water partition coefficient (Wildman–Crippen LogP) is 1.40. The standard InChI is InChI=1S/C9H10F3NO2/c10-9(11,12)5-1-2-6(7(14)3-5)8(15)4-13/h1-3,8,14-15H,4,13H2. The molecule has 0 bridgehead atoms. The number of rotatable bonds is 2. The molecule has 0 aliphatic heterocycles. The van der Waals surface area contributed by atoms with Gasteiger partial charge in [-0.1, -0.05) is 6.07 Å². The molecular formula is C9H10F3NO2. The van der Waals surface area contributed by atoms with E-state index in [0.717, 1.165) is 12.1 Å². The summed E-state index contributed by atoms with van der Waals surface area (Å²) in [5.74, 6) is -0.609. The van der Waals surface area contributed by atoms with Gasteiger partial charge in [-0.15, -0.1) is 0 Å². The first-order valence-electron chi connectivity index (χ1n) is 4.14. The number of alkyl halides is 3. The highest BCUT2D eigenvalue weighted by Gasteiger charge is 2.31. The Morgan fingerprint density at radius 1 is 1.33 bits per heavy atom. The van der Waals surface area contributed by atoms with Crippen molar-refractivity contribution in [2.45, 2.75) is 12.3 Å². The number of benzene rings is 1. The molecule has 0 aliphatic carbocycles. The molecule has 1 aromatic rings. The number of aliphatic hydroxyl groups excluding tert-OH is 1. The Balaban J connectivity index is 3.09. The van der Waals surface area contributed by atoms with Gasteiger partial charge < -0.3 is 15.9 Å². The van der Waals surface area contributed by atoms with Crippen LogP contribution in [0.5, 0.6) is 5.75 Å². The third-order valence-electron chi connectivity index (χ3n) is 1.94. The minimum Gasteiger partial charge on any atom is -0.508 e. The monoisotopic (exact) mass is 221 g/mol. The summed E-state index contributed by atoms with van der Waals surface area (Å²) in [7, 11) is 0. The number of phenolic OH excluding ortho intramolecular Hbond substituents is 1. The van der Waals surface area contributed by atoms with Gasteiger partial charge in [0.2, 0.25) is 0 Å². The zero-order valence-electron chi connectivity index (χ0n) is 7.62. The molecule has 1 rings (SSSR count). The van der Waals surface area contributed by atoms with Gasteiger partial charge in [-0.05, 0) is 12.1 Å².